The fourth-order valence-corrected chi connectivity index (χ4v) is 3.67. The average Bonchev–Trinajstić information content (AvgIpc) is 2.89. The van der Waals surface area contributed by atoms with Gasteiger partial charge in [-0.2, -0.15) is 10.5 Å². The maximum atomic E-state index is 12.7. The van der Waals surface area contributed by atoms with E-state index in [0.29, 0.717) is 47.8 Å². The molecule has 0 aliphatic heterocycles. The molecule has 3 aromatic rings. The van der Waals surface area contributed by atoms with Gasteiger partial charge in [0.15, 0.2) is 0 Å². The number of rotatable bonds is 9. The number of carbonyl (C=O) groups is 1. The highest BCUT2D eigenvalue weighted by Gasteiger charge is 2.13. The number of aryl methyl sites for hydroxylation is 2. The van der Waals surface area contributed by atoms with Gasteiger partial charge in [0.05, 0.1) is 30.7 Å². The lowest BCUT2D eigenvalue weighted by Gasteiger charge is -2.23. The van der Waals surface area contributed by atoms with Crippen LogP contribution in [0.3, 0.4) is 0 Å². The van der Waals surface area contributed by atoms with E-state index in [1.54, 1.807) is 36.4 Å². The van der Waals surface area contributed by atoms with E-state index in [1.165, 1.54) is 0 Å². The number of amides is 1. The van der Waals surface area contributed by atoms with Crippen LogP contribution in [-0.2, 0) is 0 Å². The van der Waals surface area contributed by atoms with Crippen LogP contribution in [-0.4, -0.2) is 24.8 Å². The summed E-state index contributed by atoms with van der Waals surface area (Å²) in [5, 5.41) is 31.4. The molecule has 8 nitrogen and oxygen atoms in total. The molecule has 9 heteroatoms. The number of carbonyl (C=O) groups excluding carboxylic acids is 1. The third-order valence-electron chi connectivity index (χ3n) is 5.45. The van der Waals surface area contributed by atoms with Crippen LogP contribution in [0.25, 0.3) is 0 Å². The van der Waals surface area contributed by atoms with Gasteiger partial charge in [0.25, 0.3) is 5.91 Å². The molecule has 0 saturated heterocycles. The first kappa shape index (κ1) is 27.1. The highest BCUT2D eigenvalue weighted by Crippen LogP contribution is 2.23. The SMILES string of the molecule is Cc1ccc(C(=O)N/N=C(\N=Nc2cccc(Cl)c2)c2ccc(N(CCC#N)CCC#N)cc2C)cc1. The van der Waals surface area contributed by atoms with E-state index in [1.807, 2.05) is 49.1 Å². The second-order valence-corrected chi connectivity index (χ2v) is 8.66. The number of amidine groups is 1. The number of anilines is 1. The molecule has 0 bridgehead atoms. The first-order chi connectivity index (χ1) is 17.9. The molecule has 0 heterocycles. The number of hydrogen-bond acceptors (Lipinski definition) is 6. The molecular weight excluding hydrogens is 486 g/mol. The highest BCUT2D eigenvalue weighted by molar-refractivity contribution is 6.30. The second-order valence-electron chi connectivity index (χ2n) is 8.22. The van der Waals surface area contributed by atoms with Crippen molar-refractivity contribution in [3.05, 3.63) is 94.0 Å². The molecule has 3 aromatic carbocycles. The quantitative estimate of drug-likeness (QED) is 0.153. The number of halogens is 1. The summed E-state index contributed by atoms with van der Waals surface area (Å²) in [6.07, 6.45) is 0.690. The lowest BCUT2D eigenvalue weighted by molar-refractivity contribution is 0.0955. The monoisotopic (exact) mass is 511 g/mol. The van der Waals surface area contributed by atoms with Crippen molar-refractivity contribution < 1.29 is 4.79 Å². The normalized spacial score (nSPS) is 11.1. The third kappa shape index (κ3) is 7.99. The number of nitriles is 2. The van der Waals surface area contributed by atoms with Gasteiger partial charge >= 0.3 is 0 Å². The Morgan fingerprint density at radius 3 is 2.30 bits per heavy atom. The fraction of sp³-hybridized carbons (Fsp3) is 0.214. The Kier molecular flexibility index (Phi) is 9.90. The number of nitrogens with zero attached hydrogens (tertiary/aromatic N) is 6. The van der Waals surface area contributed by atoms with Crippen LogP contribution in [0, 0.1) is 36.5 Å². The van der Waals surface area contributed by atoms with E-state index in [-0.39, 0.29) is 11.7 Å². The number of hydrazone groups is 1. The number of benzene rings is 3. The minimum absolute atomic E-state index is 0.213. The summed E-state index contributed by atoms with van der Waals surface area (Å²) in [6.45, 7) is 4.87. The van der Waals surface area contributed by atoms with E-state index in [9.17, 15) is 4.79 Å². The van der Waals surface area contributed by atoms with E-state index >= 15 is 0 Å². The van der Waals surface area contributed by atoms with E-state index in [4.69, 9.17) is 22.1 Å². The van der Waals surface area contributed by atoms with Gasteiger partial charge in [0.1, 0.15) is 0 Å². The van der Waals surface area contributed by atoms with Crippen LogP contribution in [0.4, 0.5) is 11.4 Å². The molecule has 0 atom stereocenters. The first-order valence-electron chi connectivity index (χ1n) is 11.6. The molecule has 37 heavy (non-hydrogen) atoms. The van der Waals surface area contributed by atoms with Crippen molar-refractivity contribution in [2.45, 2.75) is 26.7 Å². The summed E-state index contributed by atoms with van der Waals surface area (Å²) < 4.78 is 0. The van der Waals surface area contributed by atoms with Crippen molar-refractivity contribution in [3.63, 3.8) is 0 Å². The van der Waals surface area contributed by atoms with Crippen LogP contribution < -0.4 is 10.3 Å². The largest absolute Gasteiger partial charge is 0.369 e. The maximum absolute atomic E-state index is 12.7. The van der Waals surface area contributed by atoms with Gasteiger partial charge in [-0.3, -0.25) is 4.79 Å². The van der Waals surface area contributed by atoms with Crippen molar-refractivity contribution in [3.8, 4) is 12.1 Å². The minimum Gasteiger partial charge on any atom is -0.369 e. The van der Waals surface area contributed by atoms with Gasteiger partial charge < -0.3 is 4.90 Å². The van der Waals surface area contributed by atoms with Crippen LogP contribution in [0.1, 0.15) is 39.9 Å². The Bertz CT molecular complexity index is 1370. The molecule has 186 valence electrons. The smallest absolute Gasteiger partial charge is 0.271 e. The summed E-state index contributed by atoms with van der Waals surface area (Å²) in [7, 11) is 0. The number of azo groups is 1. The second kappa shape index (κ2) is 13.5. The zero-order valence-corrected chi connectivity index (χ0v) is 21.4. The summed E-state index contributed by atoms with van der Waals surface area (Å²) in [5.41, 5.74) is 7.01. The number of nitrogens with one attached hydrogen (secondary N) is 1. The Morgan fingerprint density at radius 2 is 1.68 bits per heavy atom. The highest BCUT2D eigenvalue weighted by atomic mass is 35.5. The lowest BCUT2D eigenvalue weighted by Crippen LogP contribution is -2.25. The molecule has 0 saturated carbocycles. The Balaban J connectivity index is 1.94. The van der Waals surface area contributed by atoms with Crippen molar-refractivity contribution >= 4 is 34.7 Å². The van der Waals surface area contributed by atoms with Gasteiger partial charge in [-0.1, -0.05) is 35.4 Å². The first-order valence-corrected chi connectivity index (χ1v) is 12.0. The lowest BCUT2D eigenvalue weighted by atomic mass is 10.1. The molecule has 0 aromatic heterocycles. The van der Waals surface area contributed by atoms with E-state index in [0.717, 1.165) is 16.8 Å². The van der Waals surface area contributed by atoms with E-state index < -0.39 is 0 Å². The summed E-state index contributed by atoms with van der Waals surface area (Å²) in [5.74, 6) is -0.158. The van der Waals surface area contributed by atoms with Crippen molar-refractivity contribution in [1.29, 1.82) is 10.5 Å². The predicted octanol–water partition coefficient (Wildman–Crippen LogP) is 6.47. The van der Waals surface area contributed by atoms with Gasteiger partial charge in [-0.25, -0.2) is 5.43 Å². The summed E-state index contributed by atoms with van der Waals surface area (Å²) in [4.78, 5) is 14.7. The van der Waals surface area contributed by atoms with Gasteiger partial charge in [0.2, 0.25) is 5.84 Å². The number of hydrogen-bond donors (Lipinski definition) is 1. The maximum Gasteiger partial charge on any atom is 0.271 e. The Morgan fingerprint density at radius 1 is 0.973 bits per heavy atom. The topological polar surface area (TPSA) is 117 Å². The third-order valence-corrected chi connectivity index (χ3v) is 5.68. The van der Waals surface area contributed by atoms with Crippen molar-refractivity contribution in [2.75, 3.05) is 18.0 Å². The van der Waals surface area contributed by atoms with Gasteiger partial charge in [0, 0.05) is 34.9 Å². The average molecular weight is 512 g/mol. The van der Waals surface area contributed by atoms with Crippen molar-refractivity contribution in [1.82, 2.24) is 5.43 Å². The molecule has 0 aliphatic carbocycles. The molecule has 1 amide bonds. The molecule has 0 unspecified atom stereocenters. The van der Waals surface area contributed by atoms with Crippen LogP contribution in [0.5, 0.6) is 0 Å². The van der Waals surface area contributed by atoms with Crippen LogP contribution >= 0.6 is 11.6 Å². The predicted molar refractivity (Wildman–Crippen MR) is 145 cm³/mol. The van der Waals surface area contributed by atoms with Crippen molar-refractivity contribution in [2.24, 2.45) is 15.3 Å². The Labute approximate surface area is 221 Å². The molecule has 0 spiro atoms. The fourth-order valence-electron chi connectivity index (χ4n) is 3.49. The molecule has 0 aliphatic rings. The Hall–Kier alpha value is -4.53. The summed E-state index contributed by atoms with van der Waals surface area (Å²) in [6, 6.07) is 24.1. The molecule has 0 fully saturated rings. The zero-order chi connectivity index (χ0) is 26.6. The van der Waals surface area contributed by atoms with Gasteiger partial charge in [-0.15, -0.1) is 15.3 Å². The molecule has 0 radical (unpaired) electrons. The zero-order valence-electron chi connectivity index (χ0n) is 20.6. The van der Waals surface area contributed by atoms with Gasteiger partial charge in [-0.05, 0) is 67.9 Å². The molecule has 3 rings (SSSR count). The minimum atomic E-state index is -0.371. The molecule has 1 N–H and O–H groups in total. The van der Waals surface area contributed by atoms with Crippen LogP contribution in [0.15, 0.2) is 82.1 Å². The van der Waals surface area contributed by atoms with Crippen LogP contribution in [0.2, 0.25) is 5.02 Å². The molecular formula is C28H26ClN7O. The standard InChI is InChI=1S/C28H26ClN7O/c1-20-8-10-22(11-9-20)28(37)35-34-27(33-32-24-7-3-6-23(29)19-24)26-13-12-25(18-21(26)2)36(16-4-14-30)17-5-15-31/h3,6-13,18-19H,4-5,16-17H2,1-2H3,(H,35,37)/b33-32?,34-27-. The summed E-state index contributed by atoms with van der Waals surface area (Å²) >= 11 is 6.07. The van der Waals surface area contributed by atoms with E-state index in [2.05, 4.69) is 32.9 Å².